The van der Waals surface area contributed by atoms with Gasteiger partial charge in [0.15, 0.2) is 0 Å². The number of carbonyl (C=O) groups is 2. The van der Waals surface area contributed by atoms with E-state index in [1.165, 1.54) is 12.8 Å². The zero-order chi connectivity index (χ0) is 14.6. The molecule has 0 N–H and O–H groups in total. The Hall–Kier alpha value is -1.46. The second-order valence-electron chi connectivity index (χ2n) is 5.02. The first-order valence-corrected chi connectivity index (χ1v) is 7.51. The molecule has 6 nitrogen and oxygen atoms in total. The van der Waals surface area contributed by atoms with E-state index >= 15 is 0 Å². The fraction of sp³-hybridized carbons (Fsp3) is 0.857. The molecule has 0 aliphatic heterocycles. The summed E-state index contributed by atoms with van der Waals surface area (Å²) in [6, 6.07) is 0. The quantitative estimate of drug-likeness (QED) is 0.504. The van der Waals surface area contributed by atoms with Crippen LogP contribution in [0.5, 0.6) is 0 Å². The van der Waals surface area contributed by atoms with Gasteiger partial charge in [0.25, 0.3) is 0 Å². The Morgan fingerprint density at radius 1 is 1.00 bits per heavy atom. The fourth-order valence-corrected chi connectivity index (χ4v) is 2.15. The van der Waals surface area contributed by atoms with Crippen LogP contribution in [0.15, 0.2) is 10.2 Å². The van der Waals surface area contributed by atoms with Crippen molar-refractivity contribution in [2.24, 2.45) is 10.2 Å². The predicted octanol–water partition coefficient (Wildman–Crippen LogP) is 4.62. The first-order valence-electron chi connectivity index (χ1n) is 7.51. The highest BCUT2D eigenvalue weighted by Gasteiger charge is 2.19. The minimum absolute atomic E-state index is 0.0731. The fourth-order valence-electron chi connectivity index (χ4n) is 2.15. The first kappa shape index (κ1) is 16.6. The van der Waals surface area contributed by atoms with Crippen molar-refractivity contribution in [1.29, 1.82) is 0 Å². The lowest BCUT2D eigenvalue weighted by atomic mass is 10.2. The third-order valence-electron chi connectivity index (χ3n) is 3.26. The van der Waals surface area contributed by atoms with Crippen molar-refractivity contribution in [3.05, 3.63) is 0 Å². The highest BCUT2D eigenvalue weighted by Crippen LogP contribution is 2.21. The normalized spacial score (nSPS) is 15.7. The second-order valence-corrected chi connectivity index (χ2v) is 5.02. The molecule has 0 heterocycles. The van der Waals surface area contributed by atoms with Gasteiger partial charge in [-0.15, -0.1) is 0 Å². The molecule has 0 spiro atoms. The average Bonchev–Trinajstić information content (AvgIpc) is 2.93. The van der Waals surface area contributed by atoms with E-state index in [2.05, 4.69) is 17.2 Å². The van der Waals surface area contributed by atoms with E-state index in [-0.39, 0.29) is 6.10 Å². The largest absolute Gasteiger partial charge is 0.452 e. The van der Waals surface area contributed by atoms with Crippen LogP contribution in [-0.4, -0.2) is 24.9 Å². The van der Waals surface area contributed by atoms with Crippen LogP contribution in [0.25, 0.3) is 0 Å². The number of nitrogens with zero attached hydrogens (tertiary/aromatic N) is 2. The molecule has 114 valence electrons. The van der Waals surface area contributed by atoms with Crippen LogP contribution in [0.1, 0.15) is 64.7 Å². The standard InChI is InChI=1S/C14H24N2O4/c1-2-3-4-5-8-11-19-13(17)15-16-14(18)20-12-9-6-7-10-12/h12H,2-11H2,1H3. The Kier molecular flexibility index (Phi) is 8.58. The summed E-state index contributed by atoms with van der Waals surface area (Å²) in [6.45, 7) is 2.46. The van der Waals surface area contributed by atoms with Gasteiger partial charge in [-0.2, -0.15) is 0 Å². The number of azo groups is 1. The third kappa shape index (κ3) is 7.86. The Labute approximate surface area is 119 Å². The van der Waals surface area contributed by atoms with Crippen molar-refractivity contribution in [2.75, 3.05) is 6.61 Å². The zero-order valence-corrected chi connectivity index (χ0v) is 12.2. The van der Waals surface area contributed by atoms with E-state index in [0.717, 1.165) is 44.9 Å². The van der Waals surface area contributed by atoms with Crippen molar-refractivity contribution < 1.29 is 19.1 Å². The van der Waals surface area contributed by atoms with Crippen LogP contribution in [0.2, 0.25) is 0 Å². The van der Waals surface area contributed by atoms with Gasteiger partial charge in [0.2, 0.25) is 0 Å². The lowest BCUT2D eigenvalue weighted by Crippen LogP contribution is -2.11. The maximum Gasteiger partial charge on any atom is 0.452 e. The molecule has 6 heteroatoms. The van der Waals surface area contributed by atoms with Crippen LogP contribution < -0.4 is 0 Å². The highest BCUT2D eigenvalue weighted by molar-refractivity contribution is 5.73. The van der Waals surface area contributed by atoms with Crippen LogP contribution in [-0.2, 0) is 9.47 Å². The van der Waals surface area contributed by atoms with E-state index < -0.39 is 12.2 Å². The molecule has 0 aromatic heterocycles. The molecule has 0 atom stereocenters. The molecule has 20 heavy (non-hydrogen) atoms. The molecule has 0 aromatic rings. The molecule has 1 fully saturated rings. The van der Waals surface area contributed by atoms with Crippen molar-refractivity contribution in [1.82, 2.24) is 0 Å². The van der Waals surface area contributed by atoms with Crippen LogP contribution in [0, 0.1) is 0 Å². The number of amides is 2. The number of unbranched alkanes of at least 4 members (excludes halogenated alkanes) is 4. The molecule has 0 unspecified atom stereocenters. The van der Waals surface area contributed by atoms with Gasteiger partial charge in [-0.05, 0) is 32.1 Å². The molecular formula is C14H24N2O4. The number of rotatable bonds is 7. The number of carbonyl (C=O) groups excluding carboxylic acids is 2. The number of hydrogen-bond donors (Lipinski definition) is 0. The lowest BCUT2D eigenvalue weighted by Gasteiger charge is -2.06. The molecular weight excluding hydrogens is 260 g/mol. The molecule has 0 aromatic carbocycles. The molecule has 1 rings (SSSR count). The summed E-state index contributed by atoms with van der Waals surface area (Å²) in [6.07, 6.45) is 7.50. The second kappa shape index (κ2) is 10.3. The maximum absolute atomic E-state index is 11.3. The summed E-state index contributed by atoms with van der Waals surface area (Å²) in [7, 11) is 0. The molecule has 0 saturated heterocycles. The van der Waals surface area contributed by atoms with E-state index in [1.807, 2.05) is 0 Å². The summed E-state index contributed by atoms with van der Waals surface area (Å²) in [5.41, 5.74) is 0. The third-order valence-corrected chi connectivity index (χ3v) is 3.26. The van der Waals surface area contributed by atoms with E-state index in [0.29, 0.717) is 6.61 Å². The summed E-state index contributed by atoms with van der Waals surface area (Å²) < 4.78 is 9.86. The minimum atomic E-state index is -0.830. The van der Waals surface area contributed by atoms with Crippen molar-refractivity contribution in [2.45, 2.75) is 70.8 Å². The van der Waals surface area contributed by atoms with Gasteiger partial charge in [0.05, 0.1) is 6.61 Å². The van der Waals surface area contributed by atoms with Crippen molar-refractivity contribution in [3.8, 4) is 0 Å². The average molecular weight is 284 g/mol. The molecule has 1 aliphatic carbocycles. The van der Waals surface area contributed by atoms with Crippen molar-refractivity contribution in [3.63, 3.8) is 0 Å². The van der Waals surface area contributed by atoms with Crippen LogP contribution in [0.4, 0.5) is 9.59 Å². The zero-order valence-electron chi connectivity index (χ0n) is 12.2. The van der Waals surface area contributed by atoms with Gasteiger partial charge in [0.1, 0.15) is 6.10 Å². The van der Waals surface area contributed by atoms with Crippen molar-refractivity contribution >= 4 is 12.2 Å². The molecule has 2 amide bonds. The van der Waals surface area contributed by atoms with Gasteiger partial charge in [-0.1, -0.05) is 42.8 Å². The van der Waals surface area contributed by atoms with E-state index in [1.54, 1.807) is 0 Å². The van der Waals surface area contributed by atoms with Gasteiger partial charge >= 0.3 is 12.2 Å². The minimum Gasteiger partial charge on any atom is -0.447 e. The highest BCUT2D eigenvalue weighted by atomic mass is 16.6. The maximum atomic E-state index is 11.3. The summed E-state index contributed by atoms with van der Waals surface area (Å²) >= 11 is 0. The van der Waals surface area contributed by atoms with Gasteiger partial charge in [-0.25, -0.2) is 9.59 Å². The molecule has 1 aliphatic rings. The molecule has 0 bridgehead atoms. The Bertz CT molecular complexity index is 325. The number of hydrogen-bond acceptors (Lipinski definition) is 4. The van der Waals surface area contributed by atoms with E-state index in [9.17, 15) is 9.59 Å². The van der Waals surface area contributed by atoms with E-state index in [4.69, 9.17) is 9.47 Å². The number of ether oxygens (including phenoxy) is 2. The predicted molar refractivity (Wildman–Crippen MR) is 73.7 cm³/mol. The first-order chi connectivity index (χ1) is 9.72. The monoisotopic (exact) mass is 284 g/mol. The smallest absolute Gasteiger partial charge is 0.447 e. The van der Waals surface area contributed by atoms with Gasteiger partial charge in [-0.3, -0.25) is 0 Å². The lowest BCUT2D eigenvalue weighted by molar-refractivity contribution is 0.107. The summed E-state index contributed by atoms with van der Waals surface area (Å²) in [5.74, 6) is 0. The Morgan fingerprint density at radius 3 is 2.35 bits per heavy atom. The van der Waals surface area contributed by atoms with Crippen LogP contribution in [0.3, 0.4) is 0 Å². The SMILES string of the molecule is CCCCCCCOC(=O)N=NC(=O)OC1CCCC1. The van der Waals surface area contributed by atoms with Gasteiger partial charge < -0.3 is 9.47 Å². The Morgan fingerprint density at radius 2 is 1.65 bits per heavy atom. The summed E-state index contributed by atoms with van der Waals surface area (Å²) in [5, 5.41) is 6.39. The Balaban J connectivity index is 2.05. The van der Waals surface area contributed by atoms with Gasteiger partial charge in [0, 0.05) is 0 Å². The molecule has 0 radical (unpaired) electrons. The summed E-state index contributed by atoms with van der Waals surface area (Å²) in [4.78, 5) is 22.4. The van der Waals surface area contributed by atoms with Crippen LogP contribution >= 0.6 is 0 Å². The molecule has 1 saturated carbocycles. The topological polar surface area (TPSA) is 77.3 Å².